The number of hydrogen-bond donors (Lipinski definition) is 2. The van der Waals surface area contributed by atoms with Crippen LogP contribution in [0.1, 0.15) is 44.6 Å². The summed E-state index contributed by atoms with van der Waals surface area (Å²) in [6, 6.07) is 6.32. The molecule has 1 heterocycles. The first-order chi connectivity index (χ1) is 11.5. The molecule has 1 unspecified atom stereocenters. The van der Waals surface area contributed by atoms with Crippen LogP contribution in [0.15, 0.2) is 29.4 Å². The highest BCUT2D eigenvalue weighted by Gasteiger charge is 2.44. The van der Waals surface area contributed by atoms with Crippen LogP contribution in [-0.2, 0) is 9.63 Å². The SMILES string of the molecule is CC1(C(=O)NCC2(CO)CCCC2)CC(c2ccccc2F)=NO1. The minimum absolute atomic E-state index is 0.0713. The number of oxime groups is 1. The van der Waals surface area contributed by atoms with Gasteiger partial charge in [0.2, 0.25) is 5.60 Å². The third kappa shape index (κ3) is 3.15. The van der Waals surface area contributed by atoms with E-state index in [9.17, 15) is 14.3 Å². The number of nitrogens with zero attached hydrogens (tertiary/aromatic N) is 1. The van der Waals surface area contributed by atoms with Crippen LogP contribution in [0.2, 0.25) is 0 Å². The van der Waals surface area contributed by atoms with Crippen LogP contribution in [0, 0.1) is 11.2 Å². The van der Waals surface area contributed by atoms with E-state index in [0.717, 1.165) is 25.7 Å². The van der Waals surface area contributed by atoms with E-state index in [2.05, 4.69) is 10.5 Å². The van der Waals surface area contributed by atoms with Gasteiger partial charge < -0.3 is 15.3 Å². The average molecular weight is 334 g/mol. The van der Waals surface area contributed by atoms with Gasteiger partial charge in [0.15, 0.2) is 0 Å². The Labute approximate surface area is 140 Å². The van der Waals surface area contributed by atoms with Gasteiger partial charge in [-0.2, -0.15) is 0 Å². The maximum absolute atomic E-state index is 13.9. The topological polar surface area (TPSA) is 70.9 Å². The van der Waals surface area contributed by atoms with Crippen molar-refractivity contribution in [3.63, 3.8) is 0 Å². The molecule has 1 aromatic rings. The van der Waals surface area contributed by atoms with E-state index >= 15 is 0 Å². The van der Waals surface area contributed by atoms with Gasteiger partial charge in [0.25, 0.3) is 5.91 Å². The molecular formula is C18H23FN2O3. The van der Waals surface area contributed by atoms with Crippen molar-refractivity contribution in [1.29, 1.82) is 0 Å². The highest BCUT2D eigenvalue weighted by molar-refractivity contribution is 6.05. The minimum Gasteiger partial charge on any atom is -0.396 e. The van der Waals surface area contributed by atoms with Gasteiger partial charge >= 0.3 is 0 Å². The molecular weight excluding hydrogens is 311 g/mol. The summed E-state index contributed by atoms with van der Waals surface area (Å²) in [4.78, 5) is 17.9. The van der Waals surface area contributed by atoms with Crippen molar-refractivity contribution < 1.29 is 19.1 Å². The highest BCUT2D eigenvalue weighted by atomic mass is 19.1. The third-order valence-corrected chi connectivity index (χ3v) is 5.15. The van der Waals surface area contributed by atoms with Gasteiger partial charge in [-0.15, -0.1) is 0 Å². The zero-order valence-corrected chi connectivity index (χ0v) is 13.8. The van der Waals surface area contributed by atoms with Crippen LogP contribution >= 0.6 is 0 Å². The standard InChI is InChI=1S/C18H23FN2O3/c1-17(16(23)20-11-18(12-22)8-4-5-9-18)10-15(21-24-17)13-6-2-3-7-14(13)19/h2-3,6-7,22H,4-5,8-12H2,1H3,(H,20,23). The van der Waals surface area contributed by atoms with Crippen LogP contribution in [0.5, 0.6) is 0 Å². The lowest BCUT2D eigenvalue weighted by molar-refractivity contribution is -0.142. The van der Waals surface area contributed by atoms with Crippen molar-refractivity contribution in [2.45, 2.75) is 44.6 Å². The molecule has 130 valence electrons. The van der Waals surface area contributed by atoms with Crippen LogP contribution in [0.4, 0.5) is 4.39 Å². The molecule has 0 saturated heterocycles. The summed E-state index contributed by atoms with van der Waals surface area (Å²) >= 11 is 0. The zero-order chi connectivity index (χ0) is 17.2. The summed E-state index contributed by atoms with van der Waals surface area (Å²) in [6.07, 6.45) is 4.19. The molecule has 2 N–H and O–H groups in total. The largest absolute Gasteiger partial charge is 0.396 e. The van der Waals surface area contributed by atoms with Crippen molar-refractivity contribution in [3.8, 4) is 0 Å². The number of benzene rings is 1. The smallest absolute Gasteiger partial charge is 0.267 e. The number of amides is 1. The van der Waals surface area contributed by atoms with Crippen molar-refractivity contribution in [2.75, 3.05) is 13.2 Å². The molecule has 0 aromatic heterocycles. The van der Waals surface area contributed by atoms with E-state index in [0.29, 0.717) is 17.8 Å². The van der Waals surface area contributed by atoms with Crippen molar-refractivity contribution >= 4 is 11.6 Å². The Kier molecular flexibility index (Phi) is 4.58. The predicted molar refractivity (Wildman–Crippen MR) is 88.0 cm³/mol. The Hall–Kier alpha value is -1.95. The van der Waals surface area contributed by atoms with Gasteiger partial charge in [-0.3, -0.25) is 4.79 Å². The summed E-state index contributed by atoms with van der Waals surface area (Å²) < 4.78 is 13.9. The molecule has 1 aliphatic heterocycles. The predicted octanol–water partition coefficient (Wildman–Crippen LogP) is 2.38. The Morgan fingerprint density at radius 3 is 2.75 bits per heavy atom. The van der Waals surface area contributed by atoms with Crippen LogP contribution in [0.3, 0.4) is 0 Å². The summed E-state index contributed by atoms with van der Waals surface area (Å²) in [6.45, 7) is 2.15. The molecule has 1 fully saturated rings. The molecule has 0 spiro atoms. The monoisotopic (exact) mass is 334 g/mol. The number of aliphatic hydroxyl groups excluding tert-OH is 1. The second-order valence-electron chi connectivity index (χ2n) is 7.06. The maximum atomic E-state index is 13.9. The number of halogens is 1. The summed E-state index contributed by atoms with van der Waals surface area (Å²) in [5, 5.41) is 16.5. The molecule has 3 rings (SSSR count). The second kappa shape index (κ2) is 6.51. The van der Waals surface area contributed by atoms with Crippen LogP contribution in [0.25, 0.3) is 0 Å². The summed E-state index contributed by atoms with van der Waals surface area (Å²) in [5.41, 5.74) is -0.577. The minimum atomic E-state index is -1.15. The van der Waals surface area contributed by atoms with E-state index < -0.39 is 5.60 Å². The number of aliphatic hydroxyl groups is 1. The summed E-state index contributed by atoms with van der Waals surface area (Å²) in [7, 11) is 0. The van der Waals surface area contributed by atoms with Gasteiger partial charge in [0, 0.05) is 23.9 Å². The fourth-order valence-electron chi connectivity index (χ4n) is 3.47. The van der Waals surface area contributed by atoms with Crippen molar-refractivity contribution in [3.05, 3.63) is 35.6 Å². The van der Waals surface area contributed by atoms with E-state index in [1.165, 1.54) is 6.07 Å². The van der Waals surface area contributed by atoms with Gasteiger partial charge in [-0.25, -0.2) is 4.39 Å². The van der Waals surface area contributed by atoms with E-state index in [1.54, 1.807) is 25.1 Å². The molecule has 5 nitrogen and oxygen atoms in total. The van der Waals surface area contributed by atoms with E-state index in [1.807, 2.05) is 0 Å². The lowest BCUT2D eigenvalue weighted by Crippen LogP contribution is -2.48. The molecule has 6 heteroatoms. The van der Waals surface area contributed by atoms with Crippen LogP contribution in [-0.4, -0.2) is 35.5 Å². The van der Waals surface area contributed by atoms with Crippen LogP contribution < -0.4 is 5.32 Å². The lowest BCUT2D eigenvalue weighted by Gasteiger charge is -2.29. The van der Waals surface area contributed by atoms with Crippen molar-refractivity contribution in [1.82, 2.24) is 5.32 Å². The number of hydrogen-bond acceptors (Lipinski definition) is 4. The fraction of sp³-hybridized carbons (Fsp3) is 0.556. The van der Waals surface area contributed by atoms with Gasteiger partial charge in [0.05, 0.1) is 12.3 Å². The number of carbonyl (C=O) groups excluding carboxylic acids is 1. The molecule has 1 aliphatic carbocycles. The Morgan fingerprint density at radius 1 is 1.38 bits per heavy atom. The molecule has 1 amide bonds. The molecule has 1 saturated carbocycles. The van der Waals surface area contributed by atoms with E-state index in [-0.39, 0.29) is 30.2 Å². The first-order valence-electron chi connectivity index (χ1n) is 8.37. The Bertz CT molecular complexity index is 655. The maximum Gasteiger partial charge on any atom is 0.267 e. The van der Waals surface area contributed by atoms with Gasteiger partial charge in [0.1, 0.15) is 5.82 Å². The van der Waals surface area contributed by atoms with Crippen molar-refractivity contribution in [2.24, 2.45) is 10.6 Å². The molecule has 0 radical (unpaired) electrons. The number of carbonyl (C=O) groups is 1. The van der Waals surface area contributed by atoms with Gasteiger partial charge in [-0.05, 0) is 25.8 Å². The Balaban J connectivity index is 1.63. The molecule has 2 aliphatic rings. The molecule has 1 aromatic carbocycles. The first kappa shape index (κ1) is 16.9. The third-order valence-electron chi connectivity index (χ3n) is 5.15. The lowest BCUT2D eigenvalue weighted by atomic mass is 9.86. The number of rotatable bonds is 5. The molecule has 24 heavy (non-hydrogen) atoms. The fourth-order valence-corrected chi connectivity index (χ4v) is 3.47. The molecule has 1 atom stereocenters. The highest BCUT2D eigenvalue weighted by Crippen LogP contribution is 2.37. The Morgan fingerprint density at radius 2 is 2.08 bits per heavy atom. The average Bonchev–Trinajstić information content (AvgIpc) is 3.21. The number of nitrogens with one attached hydrogen (secondary N) is 1. The van der Waals surface area contributed by atoms with E-state index in [4.69, 9.17) is 4.84 Å². The second-order valence-corrected chi connectivity index (χ2v) is 7.06. The zero-order valence-electron chi connectivity index (χ0n) is 13.8. The molecule has 0 bridgehead atoms. The van der Waals surface area contributed by atoms with Gasteiger partial charge in [-0.1, -0.05) is 36.2 Å². The summed E-state index contributed by atoms with van der Waals surface area (Å²) in [5.74, 6) is -0.660. The first-order valence-corrected chi connectivity index (χ1v) is 8.37. The normalized spacial score (nSPS) is 25.2. The quantitative estimate of drug-likeness (QED) is 0.868.